The van der Waals surface area contributed by atoms with Gasteiger partial charge in [0.2, 0.25) is 0 Å². The summed E-state index contributed by atoms with van der Waals surface area (Å²) in [7, 11) is 1.86. The number of benzene rings is 1. The SMILES string of the molecule is C=C(C/C(C)=N\C)C1=CC2=C(CCC=C2OCCCCN2CCC(c3ccc(C)c(C)c3)CC2)C1. The molecule has 1 aromatic carbocycles. The summed E-state index contributed by atoms with van der Waals surface area (Å²) in [6.07, 6.45) is 13.6. The first-order valence-corrected chi connectivity index (χ1v) is 13.6. The molecule has 3 nitrogen and oxygen atoms in total. The monoisotopic (exact) mass is 472 g/mol. The molecule has 0 aromatic heterocycles. The number of ether oxygens (including phenoxy) is 1. The number of piperidine rings is 1. The van der Waals surface area contributed by atoms with Gasteiger partial charge < -0.3 is 9.64 Å². The van der Waals surface area contributed by atoms with Crippen molar-refractivity contribution >= 4 is 5.71 Å². The first-order chi connectivity index (χ1) is 16.9. The molecular weight excluding hydrogens is 428 g/mol. The molecule has 0 spiro atoms. The zero-order valence-electron chi connectivity index (χ0n) is 22.5. The third-order valence-corrected chi connectivity index (χ3v) is 8.17. The molecule has 0 N–H and O–H groups in total. The number of rotatable bonds is 10. The Labute approximate surface area is 213 Å². The highest BCUT2D eigenvalue weighted by Gasteiger charge is 2.24. The van der Waals surface area contributed by atoms with Crippen molar-refractivity contribution < 1.29 is 4.74 Å². The Kier molecular flexibility index (Phi) is 8.83. The number of likely N-dealkylation sites (tertiary alicyclic amines) is 1. The summed E-state index contributed by atoms with van der Waals surface area (Å²) in [5.74, 6) is 1.83. The van der Waals surface area contributed by atoms with Crippen molar-refractivity contribution in [2.24, 2.45) is 4.99 Å². The smallest absolute Gasteiger partial charge is 0.122 e. The van der Waals surface area contributed by atoms with E-state index < -0.39 is 0 Å². The van der Waals surface area contributed by atoms with Crippen LogP contribution >= 0.6 is 0 Å². The normalized spacial score (nSPS) is 19.5. The van der Waals surface area contributed by atoms with Gasteiger partial charge in [-0.25, -0.2) is 0 Å². The minimum absolute atomic E-state index is 0.730. The number of aliphatic imine (C=N–C) groups is 1. The van der Waals surface area contributed by atoms with Crippen LogP contribution in [0.4, 0.5) is 0 Å². The summed E-state index contributed by atoms with van der Waals surface area (Å²) < 4.78 is 6.30. The Bertz CT molecular complexity index is 1050. The predicted octanol–water partition coefficient (Wildman–Crippen LogP) is 7.62. The van der Waals surface area contributed by atoms with Crippen LogP contribution in [-0.4, -0.2) is 43.9 Å². The van der Waals surface area contributed by atoms with Gasteiger partial charge in [-0.05, 0) is 131 Å². The van der Waals surface area contributed by atoms with Crippen molar-refractivity contribution in [2.45, 2.75) is 78.1 Å². The van der Waals surface area contributed by atoms with Gasteiger partial charge in [-0.15, -0.1) is 0 Å². The number of aryl methyl sites for hydroxylation is 2. The Morgan fingerprint density at radius 3 is 2.69 bits per heavy atom. The highest BCUT2D eigenvalue weighted by atomic mass is 16.5. The van der Waals surface area contributed by atoms with Crippen LogP contribution in [0.3, 0.4) is 0 Å². The van der Waals surface area contributed by atoms with Crippen molar-refractivity contribution in [1.29, 1.82) is 0 Å². The fourth-order valence-corrected chi connectivity index (χ4v) is 5.60. The van der Waals surface area contributed by atoms with Crippen LogP contribution in [0.2, 0.25) is 0 Å². The molecule has 2 aliphatic carbocycles. The molecular formula is C32H44N2O. The molecule has 0 saturated carbocycles. The van der Waals surface area contributed by atoms with Gasteiger partial charge in [-0.3, -0.25) is 4.99 Å². The summed E-state index contributed by atoms with van der Waals surface area (Å²) in [5, 5.41) is 0. The van der Waals surface area contributed by atoms with E-state index in [0.29, 0.717) is 0 Å². The highest BCUT2D eigenvalue weighted by molar-refractivity contribution is 5.85. The van der Waals surface area contributed by atoms with Gasteiger partial charge in [-0.1, -0.05) is 30.4 Å². The fraction of sp³-hybridized carbons (Fsp3) is 0.531. The molecule has 0 bridgehead atoms. The van der Waals surface area contributed by atoms with E-state index in [1.54, 1.807) is 0 Å². The Morgan fingerprint density at radius 1 is 1.14 bits per heavy atom. The van der Waals surface area contributed by atoms with Crippen molar-refractivity contribution in [2.75, 3.05) is 33.3 Å². The second kappa shape index (κ2) is 12.0. The van der Waals surface area contributed by atoms with Gasteiger partial charge in [0.15, 0.2) is 0 Å². The standard InChI is InChI=1S/C32H44N2O/c1-23-11-12-28(20-24(23)2)27-13-16-34(17-14-27)15-6-7-18-35-32-10-8-9-29-21-30(22-31(29)32)25(3)19-26(4)33-5/h10-12,20,22,27H,3,6-9,13-19,21H2,1-2,4-5H3/b33-26-. The number of nitrogens with zero attached hydrogens (tertiary/aromatic N) is 2. The van der Waals surface area contributed by atoms with Gasteiger partial charge in [0, 0.05) is 24.8 Å². The van der Waals surface area contributed by atoms with Crippen molar-refractivity contribution in [3.63, 3.8) is 0 Å². The second-order valence-electron chi connectivity index (χ2n) is 10.7. The van der Waals surface area contributed by atoms with Crippen LogP contribution in [0.5, 0.6) is 0 Å². The zero-order valence-corrected chi connectivity index (χ0v) is 22.5. The molecule has 1 aliphatic heterocycles. The van der Waals surface area contributed by atoms with E-state index in [9.17, 15) is 0 Å². The van der Waals surface area contributed by atoms with Gasteiger partial charge in [-0.2, -0.15) is 0 Å². The molecule has 1 aromatic rings. The van der Waals surface area contributed by atoms with E-state index in [0.717, 1.165) is 56.1 Å². The van der Waals surface area contributed by atoms with Crippen LogP contribution in [0.15, 0.2) is 70.0 Å². The van der Waals surface area contributed by atoms with Gasteiger partial charge in [0.05, 0.1) is 6.61 Å². The molecule has 188 valence electrons. The maximum Gasteiger partial charge on any atom is 0.122 e. The molecule has 35 heavy (non-hydrogen) atoms. The van der Waals surface area contributed by atoms with Crippen molar-refractivity contribution in [3.8, 4) is 0 Å². The minimum Gasteiger partial charge on any atom is -0.493 e. The highest BCUT2D eigenvalue weighted by Crippen LogP contribution is 2.39. The summed E-state index contributed by atoms with van der Waals surface area (Å²) >= 11 is 0. The van der Waals surface area contributed by atoms with E-state index in [2.05, 4.69) is 67.6 Å². The molecule has 1 fully saturated rings. The van der Waals surface area contributed by atoms with Gasteiger partial charge in [0.1, 0.15) is 5.76 Å². The number of hydrogen-bond donors (Lipinski definition) is 0. The lowest BCUT2D eigenvalue weighted by molar-refractivity contribution is 0.184. The molecule has 4 rings (SSSR count). The summed E-state index contributed by atoms with van der Waals surface area (Å²) in [6.45, 7) is 15.3. The third kappa shape index (κ3) is 6.64. The van der Waals surface area contributed by atoms with E-state index in [4.69, 9.17) is 4.74 Å². The van der Waals surface area contributed by atoms with E-state index >= 15 is 0 Å². The topological polar surface area (TPSA) is 24.8 Å². The zero-order chi connectivity index (χ0) is 24.8. The number of hydrogen-bond acceptors (Lipinski definition) is 3. The number of allylic oxidation sites excluding steroid dienone is 5. The predicted molar refractivity (Wildman–Crippen MR) is 149 cm³/mol. The lowest BCUT2D eigenvalue weighted by atomic mass is 9.88. The molecule has 0 unspecified atom stereocenters. The van der Waals surface area contributed by atoms with Crippen molar-refractivity contribution in [3.05, 3.63) is 81.7 Å². The maximum atomic E-state index is 6.30. The van der Waals surface area contributed by atoms with Crippen LogP contribution in [0.1, 0.15) is 80.9 Å². The van der Waals surface area contributed by atoms with E-state index in [1.165, 1.54) is 77.9 Å². The average Bonchev–Trinajstić information content (AvgIpc) is 3.31. The summed E-state index contributed by atoms with van der Waals surface area (Å²) in [4.78, 5) is 6.95. The summed E-state index contributed by atoms with van der Waals surface area (Å²) in [6, 6.07) is 7.05. The Hall–Kier alpha value is -2.39. The summed E-state index contributed by atoms with van der Waals surface area (Å²) in [5.41, 5.74) is 10.9. The van der Waals surface area contributed by atoms with E-state index in [-0.39, 0.29) is 0 Å². The Morgan fingerprint density at radius 2 is 1.94 bits per heavy atom. The maximum absolute atomic E-state index is 6.30. The molecule has 0 amide bonds. The van der Waals surface area contributed by atoms with Crippen LogP contribution in [0, 0.1) is 13.8 Å². The third-order valence-electron chi connectivity index (χ3n) is 8.17. The number of unbranched alkanes of at least 4 members (excludes halogenated alkanes) is 1. The molecule has 0 atom stereocenters. The van der Waals surface area contributed by atoms with Gasteiger partial charge in [0.25, 0.3) is 0 Å². The minimum atomic E-state index is 0.730. The fourth-order valence-electron chi connectivity index (χ4n) is 5.60. The van der Waals surface area contributed by atoms with Crippen LogP contribution < -0.4 is 0 Å². The van der Waals surface area contributed by atoms with Crippen LogP contribution in [0.25, 0.3) is 0 Å². The van der Waals surface area contributed by atoms with E-state index in [1.807, 2.05) is 7.05 Å². The second-order valence-corrected chi connectivity index (χ2v) is 10.7. The van der Waals surface area contributed by atoms with Gasteiger partial charge >= 0.3 is 0 Å². The molecule has 3 heteroatoms. The molecule has 1 saturated heterocycles. The molecule has 1 heterocycles. The van der Waals surface area contributed by atoms with Crippen molar-refractivity contribution in [1.82, 2.24) is 4.90 Å². The quantitative estimate of drug-likeness (QED) is 0.258. The largest absolute Gasteiger partial charge is 0.493 e. The molecule has 0 radical (unpaired) electrons. The van der Waals surface area contributed by atoms with Crippen LogP contribution in [-0.2, 0) is 4.74 Å². The lowest BCUT2D eigenvalue weighted by Crippen LogP contribution is -2.33. The first-order valence-electron chi connectivity index (χ1n) is 13.6. The first kappa shape index (κ1) is 25.7. The lowest BCUT2D eigenvalue weighted by Gasteiger charge is -2.32. The Balaban J connectivity index is 1.17. The molecule has 3 aliphatic rings. The average molecular weight is 473 g/mol.